The highest BCUT2D eigenvalue weighted by molar-refractivity contribution is 14.0. The number of nitrogens with one attached hydrogen (secondary N) is 3. The molecule has 134 valence electrons. The third kappa shape index (κ3) is 6.14. The molecule has 2 aromatic heterocycles. The van der Waals surface area contributed by atoms with Gasteiger partial charge in [-0.2, -0.15) is 0 Å². The fourth-order valence-electron chi connectivity index (χ4n) is 2.20. The second-order valence-electron chi connectivity index (χ2n) is 5.34. The van der Waals surface area contributed by atoms with Crippen LogP contribution in [0.1, 0.15) is 39.4 Å². The number of furan rings is 1. The highest BCUT2D eigenvalue weighted by Crippen LogP contribution is 2.14. The number of H-pyrrole nitrogens is 1. The summed E-state index contributed by atoms with van der Waals surface area (Å²) in [5, 5.41) is 13.7. The van der Waals surface area contributed by atoms with Crippen LogP contribution >= 0.6 is 24.0 Å². The largest absolute Gasteiger partial charge is 0.461 e. The molecule has 0 unspecified atom stereocenters. The molecule has 0 spiro atoms. The lowest BCUT2D eigenvalue weighted by Gasteiger charge is -2.16. The van der Waals surface area contributed by atoms with E-state index in [-0.39, 0.29) is 24.0 Å². The van der Waals surface area contributed by atoms with E-state index >= 15 is 0 Å². The van der Waals surface area contributed by atoms with Gasteiger partial charge in [-0.15, -0.1) is 29.1 Å². The summed E-state index contributed by atoms with van der Waals surface area (Å²) in [6.07, 6.45) is 3.93. The Balaban J connectivity index is 0.00000288. The number of hydrogen-bond acceptors (Lipinski definition) is 4. The summed E-state index contributed by atoms with van der Waals surface area (Å²) in [5.41, 5.74) is 0. The minimum Gasteiger partial charge on any atom is -0.461 e. The van der Waals surface area contributed by atoms with E-state index in [2.05, 4.69) is 51.6 Å². The molecular weight excluding hydrogens is 419 g/mol. The zero-order valence-electron chi connectivity index (χ0n) is 14.5. The summed E-state index contributed by atoms with van der Waals surface area (Å²) in [6.45, 7) is 8.66. The predicted octanol–water partition coefficient (Wildman–Crippen LogP) is 3.17. The first-order valence-corrected chi connectivity index (χ1v) is 8.24. The number of aliphatic imine (C=N–C) groups is 1. The van der Waals surface area contributed by atoms with Crippen LogP contribution in [0.3, 0.4) is 0 Å². The first kappa shape index (κ1) is 20.5. The molecule has 0 bridgehead atoms. The Kier molecular flexibility index (Phi) is 9.43. The number of guanidine groups is 1. The number of aromatic amines is 1. The van der Waals surface area contributed by atoms with Crippen molar-refractivity contribution in [1.82, 2.24) is 25.8 Å². The highest BCUT2D eigenvalue weighted by atomic mass is 127. The quantitative estimate of drug-likeness (QED) is 0.329. The molecule has 0 aliphatic carbocycles. The molecule has 7 nitrogen and oxygen atoms in total. The van der Waals surface area contributed by atoms with Crippen LogP contribution in [0.25, 0.3) is 11.6 Å². The number of hydrogen-bond donors (Lipinski definition) is 3. The molecule has 0 aliphatic heterocycles. The molecule has 0 aromatic carbocycles. The molecule has 0 saturated heterocycles. The lowest BCUT2D eigenvalue weighted by atomic mass is 10.0. The maximum Gasteiger partial charge on any atom is 0.216 e. The molecule has 0 amide bonds. The van der Waals surface area contributed by atoms with E-state index in [4.69, 9.17) is 4.42 Å². The van der Waals surface area contributed by atoms with Gasteiger partial charge in [-0.3, -0.25) is 5.10 Å². The van der Waals surface area contributed by atoms with Gasteiger partial charge in [0.05, 0.1) is 6.26 Å². The van der Waals surface area contributed by atoms with E-state index in [1.165, 1.54) is 0 Å². The van der Waals surface area contributed by atoms with E-state index in [0.717, 1.165) is 31.9 Å². The van der Waals surface area contributed by atoms with Crippen molar-refractivity contribution in [2.24, 2.45) is 10.9 Å². The summed E-state index contributed by atoms with van der Waals surface area (Å²) in [6, 6.07) is 3.64. The van der Waals surface area contributed by atoms with Gasteiger partial charge in [0.2, 0.25) is 5.82 Å². The lowest BCUT2D eigenvalue weighted by molar-refractivity contribution is 0.481. The molecule has 8 heteroatoms. The molecule has 2 rings (SSSR count). The summed E-state index contributed by atoms with van der Waals surface area (Å²) >= 11 is 0. The van der Waals surface area contributed by atoms with E-state index in [0.29, 0.717) is 29.9 Å². The van der Waals surface area contributed by atoms with Gasteiger partial charge >= 0.3 is 0 Å². The van der Waals surface area contributed by atoms with Crippen molar-refractivity contribution < 1.29 is 4.42 Å². The molecule has 3 N–H and O–H groups in total. The van der Waals surface area contributed by atoms with Crippen LogP contribution in [0.4, 0.5) is 0 Å². The highest BCUT2D eigenvalue weighted by Gasteiger charge is 2.08. The first-order valence-electron chi connectivity index (χ1n) is 8.24. The van der Waals surface area contributed by atoms with Gasteiger partial charge in [-0.1, -0.05) is 26.7 Å². The van der Waals surface area contributed by atoms with Crippen LogP contribution in [-0.4, -0.2) is 34.2 Å². The normalized spacial score (nSPS) is 11.4. The molecule has 24 heavy (non-hydrogen) atoms. The van der Waals surface area contributed by atoms with Crippen molar-refractivity contribution >= 4 is 29.9 Å². The zero-order valence-corrected chi connectivity index (χ0v) is 16.8. The van der Waals surface area contributed by atoms with Gasteiger partial charge < -0.3 is 15.1 Å². The van der Waals surface area contributed by atoms with Crippen molar-refractivity contribution in [2.75, 3.05) is 13.1 Å². The number of rotatable bonds is 8. The molecule has 2 aromatic rings. The van der Waals surface area contributed by atoms with Crippen LogP contribution in [0.2, 0.25) is 0 Å². The summed E-state index contributed by atoms with van der Waals surface area (Å²) < 4.78 is 5.28. The van der Waals surface area contributed by atoms with Crippen molar-refractivity contribution in [3.8, 4) is 11.6 Å². The molecule has 0 radical (unpaired) electrons. The van der Waals surface area contributed by atoms with E-state index in [9.17, 15) is 0 Å². The van der Waals surface area contributed by atoms with Gasteiger partial charge in [0.15, 0.2) is 11.7 Å². The standard InChI is InChI=1S/C16H26N6O.HI/c1-4-12(5-2)10-18-16(17-6-3)19-11-14-20-15(22-21-14)13-8-7-9-23-13;/h7-9,12H,4-6,10-11H2,1-3H3,(H2,17,18,19)(H,20,21,22);1H. The fraction of sp³-hybridized carbons (Fsp3) is 0.562. The third-order valence-corrected chi connectivity index (χ3v) is 3.72. The molecule has 0 saturated carbocycles. The SMILES string of the molecule is CCNC(=NCc1nc(-c2ccco2)n[nH]1)NCC(CC)CC.I. The monoisotopic (exact) mass is 446 g/mol. The average molecular weight is 446 g/mol. The van der Waals surface area contributed by atoms with Gasteiger partial charge in [-0.25, -0.2) is 9.98 Å². The van der Waals surface area contributed by atoms with Gasteiger partial charge in [0.25, 0.3) is 0 Å². The summed E-state index contributed by atoms with van der Waals surface area (Å²) in [5.74, 6) is 3.37. The predicted molar refractivity (Wildman–Crippen MR) is 106 cm³/mol. The Bertz CT molecular complexity index is 591. The van der Waals surface area contributed by atoms with Crippen LogP contribution in [0.5, 0.6) is 0 Å². The van der Waals surface area contributed by atoms with Crippen LogP contribution in [0.15, 0.2) is 27.8 Å². The maximum absolute atomic E-state index is 5.28. The Morgan fingerprint density at radius 1 is 1.29 bits per heavy atom. The van der Waals surface area contributed by atoms with Crippen molar-refractivity contribution in [3.05, 3.63) is 24.2 Å². The molecule has 0 atom stereocenters. The first-order chi connectivity index (χ1) is 11.3. The smallest absolute Gasteiger partial charge is 0.216 e. The van der Waals surface area contributed by atoms with Crippen molar-refractivity contribution in [1.29, 1.82) is 0 Å². The summed E-state index contributed by atoms with van der Waals surface area (Å²) in [7, 11) is 0. The number of halogens is 1. The van der Waals surface area contributed by atoms with Gasteiger partial charge in [-0.05, 0) is 25.0 Å². The summed E-state index contributed by atoms with van der Waals surface area (Å²) in [4.78, 5) is 8.94. The van der Waals surface area contributed by atoms with E-state index in [1.54, 1.807) is 6.26 Å². The number of nitrogens with zero attached hydrogens (tertiary/aromatic N) is 3. The van der Waals surface area contributed by atoms with Crippen LogP contribution in [-0.2, 0) is 6.54 Å². The minimum absolute atomic E-state index is 0. The second kappa shape index (κ2) is 11.1. The Morgan fingerprint density at radius 3 is 2.71 bits per heavy atom. The zero-order chi connectivity index (χ0) is 16.5. The van der Waals surface area contributed by atoms with E-state index in [1.807, 2.05) is 12.1 Å². The minimum atomic E-state index is 0. The Labute approximate surface area is 160 Å². The molecular formula is C16H27IN6O. The van der Waals surface area contributed by atoms with Crippen molar-refractivity contribution in [3.63, 3.8) is 0 Å². The van der Waals surface area contributed by atoms with Gasteiger partial charge in [0.1, 0.15) is 12.4 Å². The lowest BCUT2D eigenvalue weighted by Crippen LogP contribution is -2.39. The topological polar surface area (TPSA) is 91.1 Å². The van der Waals surface area contributed by atoms with Gasteiger partial charge in [0, 0.05) is 13.1 Å². The second-order valence-corrected chi connectivity index (χ2v) is 5.34. The maximum atomic E-state index is 5.28. The van der Waals surface area contributed by atoms with Crippen LogP contribution in [0, 0.1) is 5.92 Å². The Hall–Kier alpha value is -1.58. The average Bonchev–Trinajstić information content (AvgIpc) is 3.24. The molecule has 0 fully saturated rings. The Morgan fingerprint density at radius 2 is 2.08 bits per heavy atom. The fourth-order valence-corrected chi connectivity index (χ4v) is 2.20. The van der Waals surface area contributed by atoms with Crippen molar-refractivity contribution in [2.45, 2.75) is 40.2 Å². The van der Waals surface area contributed by atoms with E-state index < -0.39 is 0 Å². The van der Waals surface area contributed by atoms with Crippen LogP contribution < -0.4 is 10.6 Å². The molecule has 2 heterocycles. The number of aromatic nitrogens is 3. The third-order valence-electron chi connectivity index (χ3n) is 3.72. The molecule has 0 aliphatic rings.